The van der Waals surface area contributed by atoms with Crippen molar-refractivity contribution in [3.8, 4) is 0 Å². The van der Waals surface area contributed by atoms with Gasteiger partial charge in [0.1, 0.15) is 0 Å². The Morgan fingerprint density at radius 3 is 2.70 bits per heavy atom. The van der Waals surface area contributed by atoms with Crippen LogP contribution in [-0.2, 0) is 11.3 Å². The maximum absolute atomic E-state index is 6.44. The molecule has 1 N–H and O–H groups in total. The van der Waals surface area contributed by atoms with E-state index in [1.54, 1.807) is 7.11 Å². The molecule has 1 aromatic carbocycles. The Bertz CT molecular complexity index is 458. The molecule has 0 radical (unpaired) electrons. The number of benzene rings is 1. The number of anilines is 1. The van der Waals surface area contributed by atoms with Crippen LogP contribution >= 0.6 is 11.6 Å². The van der Waals surface area contributed by atoms with Crippen LogP contribution in [0.25, 0.3) is 0 Å². The fourth-order valence-corrected chi connectivity index (χ4v) is 2.74. The topological polar surface area (TPSA) is 24.5 Å². The summed E-state index contributed by atoms with van der Waals surface area (Å²) >= 11 is 6.44. The van der Waals surface area contributed by atoms with Gasteiger partial charge in [0.15, 0.2) is 0 Å². The normalized spacial score (nSPS) is 18.3. The second-order valence-electron chi connectivity index (χ2n) is 5.85. The molecule has 0 saturated heterocycles. The van der Waals surface area contributed by atoms with E-state index in [0.717, 1.165) is 30.8 Å². The summed E-state index contributed by atoms with van der Waals surface area (Å²) in [6.07, 6.45) is 5.18. The van der Waals surface area contributed by atoms with Gasteiger partial charge in [0, 0.05) is 43.0 Å². The van der Waals surface area contributed by atoms with Crippen molar-refractivity contribution in [3.05, 3.63) is 28.8 Å². The Labute approximate surface area is 126 Å². The van der Waals surface area contributed by atoms with Gasteiger partial charge in [-0.25, -0.2) is 0 Å². The van der Waals surface area contributed by atoms with Crippen molar-refractivity contribution < 1.29 is 4.74 Å². The summed E-state index contributed by atoms with van der Waals surface area (Å²) in [7, 11) is 1.75. The van der Waals surface area contributed by atoms with Crippen LogP contribution in [0.4, 0.5) is 5.69 Å². The number of nitrogens with zero attached hydrogens (tertiary/aromatic N) is 1. The van der Waals surface area contributed by atoms with E-state index in [-0.39, 0.29) is 0 Å². The van der Waals surface area contributed by atoms with Crippen LogP contribution in [0.5, 0.6) is 0 Å². The van der Waals surface area contributed by atoms with Gasteiger partial charge in [-0.1, -0.05) is 17.7 Å². The summed E-state index contributed by atoms with van der Waals surface area (Å²) in [6, 6.07) is 7.87. The Morgan fingerprint density at radius 2 is 2.10 bits per heavy atom. The fourth-order valence-electron chi connectivity index (χ4n) is 2.50. The number of nitrogens with one attached hydrogen (secondary N) is 1. The third-order valence-corrected chi connectivity index (χ3v) is 4.40. The van der Waals surface area contributed by atoms with Gasteiger partial charge in [0.2, 0.25) is 0 Å². The fraction of sp³-hybridized carbons (Fsp3) is 0.625. The van der Waals surface area contributed by atoms with Crippen molar-refractivity contribution in [2.45, 2.75) is 44.3 Å². The van der Waals surface area contributed by atoms with E-state index < -0.39 is 0 Å². The van der Waals surface area contributed by atoms with Crippen molar-refractivity contribution in [1.29, 1.82) is 0 Å². The van der Waals surface area contributed by atoms with Crippen molar-refractivity contribution >= 4 is 17.3 Å². The molecule has 0 atom stereocenters. The quantitative estimate of drug-likeness (QED) is 0.797. The molecule has 2 fully saturated rings. The molecule has 0 amide bonds. The highest BCUT2D eigenvalue weighted by Crippen LogP contribution is 2.33. The van der Waals surface area contributed by atoms with Crippen LogP contribution in [0.2, 0.25) is 5.02 Å². The number of halogens is 1. The van der Waals surface area contributed by atoms with Gasteiger partial charge < -0.3 is 15.0 Å². The molecule has 0 aliphatic heterocycles. The maximum atomic E-state index is 6.44. The average molecular weight is 295 g/mol. The number of hydrogen-bond donors (Lipinski definition) is 1. The Morgan fingerprint density at radius 1 is 1.30 bits per heavy atom. The zero-order valence-corrected chi connectivity index (χ0v) is 12.8. The highest BCUT2D eigenvalue weighted by Gasteiger charge is 2.29. The molecule has 0 bridgehead atoms. The van der Waals surface area contributed by atoms with E-state index in [4.69, 9.17) is 16.3 Å². The van der Waals surface area contributed by atoms with Gasteiger partial charge in [-0.05, 0) is 43.4 Å². The van der Waals surface area contributed by atoms with Crippen LogP contribution in [-0.4, -0.2) is 32.3 Å². The van der Waals surface area contributed by atoms with E-state index in [1.165, 1.54) is 36.9 Å². The Hall–Kier alpha value is -0.770. The minimum absolute atomic E-state index is 0.677. The number of methoxy groups -OCH3 is 1. The van der Waals surface area contributed by atoms with Gasteiger partial charge in [-0.2, -0.15) is 0 Å². The first-order valence-corrected chi connectivity index (χ1v) is 7.93. The maximum Gasteiger partial charge on any atom is 0.0637 e. The lowest BCUT2D eigenvalue weighted by Crippen LogP contribution is -2.29. The molecular weight excluding hydrogens is 272 g/mol. The first-order valence-electron chi connectivity index (χ1n) is 7.55. The summed E-state index contributed by atoms with van der Waals surface area (Å²) in [4.78, 5) is 2.42. The standard InChI is InChI=1S/C16H23ClN2O/c1-20-9-8-19(14-6-7-14)15-5-2-12(16(17)10-15)11-18-13-3-4-13/h2,5,10,13-14,18H,3-4,6-9,11H2,1H3. The molecule has 0 aromatic heterocycles. The average Bonchev–Trinajstić information content (AvgIpc) is 3.31. The number of hydrogen-bond acceptors (Lipinski definition) is 3. The second-order valence-corrected chi connectivity index (χ2v) is 6.26. The predicted octanol–water partition coefficient (Wildman–Crippen LogP) is 3.21. The van der Waals surface area contributed by atoms with Crippen LogP contribution in [0.15, 0.2) is 18.2 Å². The van der Waals surface area contributed by atoms with E-state index in [2.05, 4.69) is 28.4 Å². The van der Waals surface area contributed by atoms with Crippen LogP contribution in [0, 0.1) is 0 Å². The third-order valence-electron chi connectivity index (χ3n) is 4.05. The molecule has 2 aliphatic carbocycles. The first kappa shape index (κ1) is 14.2. The monoisotopic (exact) mass is 294 g/mol. The summed E-state index contributed by atoms with van der Waals surface area (Å²) in [5, 5.41) is 4.39. The largest absolute Gasteiger partial charge is 0.383 e. The lowest BCUT2D eigenvalue weighted by atomic mass is 10.2. The van der Waals surface area contributed by atoms with Crippen molar-refractivity contribution in [3.63, 3.8) is 0 Å². The predicted molar refractivity (Wildman–Crippen MR) is 83.6 cm³/mol. The molecule has 20 heavy (non-hydrogen) atoms. The highest BCUT2D eigenvalue weighted by molar-refractivity contribution is 6.31. The summed E-state index contributed by atoms with van der Waals surface area (Å²) < 4.78 is 5.21. The van der Waals surface area contributed by atoms with Gasteiger partial charge in [-0.15, -0.1) is 0 Å². The van der Waals surface area contributed by atoms with Crippen LogP contribution in [0.1, 0.15) is 31.2 Å². The smallest absolute Gasteiger partial charge is 0.0637 e. The van der Waals surface area contributed by atoms with Crippen molar-refractivity contribution in [2.24, 2.45) is 0 Å². The number of ether oxygens (including phenoxy) is 1. The van der Waals surface area contributed by atoms with E-state index >= 15 is 0 Å². The molecule has 4 heteroatoms. The van der Waals surface area contributed by atoms with Crippen LogP contribution in [0.3, 0.4) is 0 Å². The molecule has 0 spiro atoms. The molecule has 0 unspecified atom stereocenters. The van der Waals surface area contributed by atoms with Gasteiger partial charge in [-0.3, -0.25) is 0 Å². The highest BCUT2D eigenvalue weighted by atomic mass is 35.5. The third kappa shape index (κ3) is 3.66. The molecule has 0 heterocycles. The molecule has 3 nitrogen and oxygen atoms in total. The van der Waals surface area contributed by atoms with Gasteiger partial charge in [0.05, 0.1) is 6.61 Å². The van der Waals surface area contributed by atoms with Gasteiger partial charge >= 0.3 is 0 Å². The second kappa shape index (κ2) is 6.33. The van der Waals surface area contributed by atoms with E-state index in [9.17, 15) is 0 Å². The summed E-state index contributed by atoms with van der Waals surface area (Å²) in [5.41, 5.74) is 2.43. The Kier molecular flexibility index (Phi) is 4.49. The lowest BCUT2D eigenvalue weighted by Gasteiger charge is -2.25. The molecule has 3 rings (SSSR count). The SMILES string of the molecule is COCCN(c1ccc(CNC2CC2)c(Cl)c1)C1CC1. The zero-order valence-electron chi connectivity index (χ0n) is 12.1. The Balaban J connectivity index is 1.66. The van der Waals surface area contributed by atoms with Crippen LogP contribution < -0.4 is 10.2 Å². The minimum Gasteiger partial charge on any atom is -0.383 e. The van der Waals surface area contributed by atoms with E-state index in [0.29, 0.717) is 6.04 Å². The van der Waals surface area contributed by atoms with Crippen molar-refractivity contribution in [2.75, 3.05) is 25.2 Å². The lowest BCUT2D eigenvalue weighted by molar-refractivity contribution is 0.205. The molecular formula is C16H23ClN2O. The van der Waals surface area contributed by atoms with E-state index in [1.807, 2.05) is 0 Å². The number of rotatable bonds is 8. The molecule has 2 saturated carbocycles. The molecule has 110 valence electrons. The summed E-state index contributed by atoms with van der Waals surface area (Å²) in [6.45, 7) is 2.58. The summed E-state index contributed by atoms with van der Waals surface area (Å²) in [5.74, 6) is 0. The minimum atomic E-state index is 0.677. The first-order chi connectivity index (χ1) is 9.78. The molecule has 2 aliphatic rings. The van der Waals surface area contributed by atoms with Gasteiger partial charge in [0.25, 0.3) is 0 Å². The molecule has 1 aromatic rings. The zero-order chi connectivity index (χ0) is 13.9. The van der Waals surface area contributed by atoms with Crippen molar-refractivity contribution in [1.82, 2.24) is 5.32 Å².